The first-order chi connectivity index (χ1) is 14.8. The fourth-order valence-corrected chi connectivity index (χ4v) is 4.89. The summed E-state index contributed by atoms with van der Waals surface area (Å²) in [5.74, 6) is 0. The van der Waals surface area contributed by atoms with Crippen LogP contribution >= 0.6 is 11.8 Å². The van der Waals surface area contributed by atoms with Gasteiger partial charge in [0.1, 0.15) is 0 Å². The SMILES string of the molecule is CSc1c2ccccc2cc2ccccc12.c1ccc2cc3ccccc3cc2c1. The van der Waals surface area contributed by atoms with Crippen molar-refractivity contribution in [2.45, 2.75) is 4.90 Å². The Bertz CT molecular complexity index is 1320. The van der Waals surface area contributed by atoms with Crippen LogP contribution in [0.3, 0.4) is 0 Å². The maximum absolute atomic E-state index is 2.27. The Labute approximate surface area is 181 Å². The van der Waals surface area contributed by atoms with Gasteiger partial charge in [-0.05, 0) is 67.5 Å². The van der Waals surface area contributed by atoms with E-state index in [0.717, 1.165) is 0 Å². The molecule has 6 rings (SSSR count). The average Bonchev–Trinajstić information content (AvgIpc) is 2.81. The van der Waals surface area contributed by atoms with Gasteiger partial charge in [0.05, 0.1) is 0 Å². The molecule has 6 aromatic rings. The molecule has 0 spiro atoms. The van der Waals surface area contributed by atoms with E-state index < -0.39 is 0 Å². The molecular formula is C29H22S. The molecule has 144 valence electrons. The van der Waals surface area contributed by atoms with Crippen LogP contribution in [0.4, 0.5) is 0 Å². The zero-order chi connectivity index (χ0) is 20.3. The molecule has 0 unspecified atom stereocenters. The molecule has 0 nitrogen and oxygen atoms in total. The van der Waals surface area contributed by atoms with E-state index in [1.54, 1.807) is 0 Å². The smallest absolute Gasteiger partial charge is 0.0226 e. The lowest BCUT2D eigenvalue weighted by Gasteiger charge is -2.08. The van der Waals surface area contributed by atoms with Crippen molar-refractivity contribution >= 4 is 54.9 Å². The van der Waals surface area contributed by atoms with Gasteiger partial charge in [0.15, 0.2) is 0 Å². The highest BCUT2D eigenvalue weighted by Gasteiger charge is 2.05. The summed E-state index contributed by atoms with van der Waals surface area (Å²) in [4.78, 5) is 1.38. The lowest BCUT2D eigenvalue weighted by atomic mass is 10.0. The van der Waals surface area contributed by atoms with E-state index in [-0.39, 0.29) is 0 Å². The summed E-state index contributed by atoms with van der Waals surface area (Å²) >= 11 is 1.83. The van der Waals surface area contributed by atoms with Crippen LogP contribution in [0.2, 0.25) is 0 Å². The molecule has 0 aliphatic rings. The van der Waals surface area contributed by atoms with Gasteiger partial charge in [-0.15, -0.1) is 11.8 Å². The monoisotopic (exact) mass is 402 g/mol. The molecule has 6 aromatic carbocycles. The molecule has 0 aliphatic carbocycles. The normalized spacial score (nSPS) is 11.0. The van der Waals surface area contributed by atoms with Gasteiger partial charge in [-0.1, -0.05) is 97.1 Å². The molecule has 0 fully saturated rings. The van der Waals surface area contributed by atoms with Gasteiger partial charge in [-0.3, -0.25) is 0 Å². The number of fused-ring (bicyclic) bond motifs is 4. The number of rotatable bonds is 1. The first kappa shape index (κ1) is 18.7. The molecule has 0 atom stereocenters. The summed E-state index contributed by atoms with van der Waals surface area (Å²) < 4.78 is 0. The third kappa shape index (κ3) is 3.53. The van der Waals surface area contributed by atoms with Gasteiger partial charge < -0.3 is 0 Å². The van der Waals surface area contributed by atoms with Gasteiger partial charge in [0, 0.05) is 4.90 Å². The van der Waals surface area contributed by atoms with Crippen LogP contribution in [0.5, 0.6) is 0 Å². The van der Waals surface area contributed by atoms with E-state index in [1.165, 1.54) is 48.0 Å². The molecule has 0 aliphatic heterocycles. The maximum Gasteiger partial charge on any atom is 0.0226 e. The second-order valence-corrected chi connectivity index (χ2v) is 8.22. The fraction of sp³-hybridized carbons (Fsp3) is 0.0345. The maximum atomic E-state index is 2.27. The van der Waals surface area contributed by atoms with Crippen molar-refractivity contribution in [3.8, 4) is 0 Å². The number of hydrogen-bond acceptors (Lipinski definition) is 1. The average molecular weight is 403 g/mol. The molecule has 0 heterocycles. The second-order valence-electron chi connectivity index (χ2n) is 7.40. The van der Waals surface area contributed by atoms with Crippen LogP contribution in [-0.2, 0) is 0 Å². The largest absolute Gasteiger partial charge is 0.128 e. The highest BCUT2D eigenvalue weighted by Crippen LogP contribution is 2.34. The van der Waals surface area contributed by atoms with Crippen LogP contribution in [0, 0.1) is 0 Å². The Kier molecular flexibility index (Phi) is 5.13. The first-order valence-corrected chi connectivity index (χ1v) is 11.4. The van der Waals surface area contributed by atoms with Crippen molar-refractivity contribution in [2.75, 3.05) is 6.26 Å². The number of thioether (sulfide) groups is 1. The molecular weight excluding hydrogens is 380 g/mol. The zero-order valence-corrected chi connectivity index (χ0v) is 17.7. The molecule has 0 bridgehead atoms. The Morgan fingerprint density at radius 2 is 0.700 bits per heavy atom. The van der Waals surface area contributed by atoms with Crippen molar-refractivity contribution in [1.29, 1.82) is 0 Å². The second kappa shape index (κ2) is 8.22. The summed E-state index contributed by atoms with van der Waals surface area (Å²) in [5.41, 5.74) is 0. The van der Waals surface area contributed by atoms with E-state index in [4.69, 9.17) is 0 Å². The summed E-state index contributed by atoms with van der Waals surface area (Å²) in [7, 11) is 0. The first-order valence-electron chi connectivity index (χ1n) is 10.2. The Balaban J connectivity index is 0.000000130. The number of hydrogen-bond donors (Lipinski definition) is 0. The summed E-state index contributed by atoms with van der Waals surface area (Å²) in [6.07, 6.45) is 2.15. The quantitative estimate of drug-likeness (QED) is 0.196. The van der Waals surface area contributed by atoms with E-state index in [1.807, 2.05) is 11.8 Å². The predicted octanol–water partition coefficient (Wildman–Crippen LogP) is 8.71. The Morgan fingerprint density at radius 1 is 0.400 bits per heavy atom. The van der Waals surface area contributed by atoms with Crippen molar-refractivity contribution in [2.24, 2.45) is 0 Å². The van der Waals surface area contributed by atoms with Crippen LogP contribution < -0.4 is 0 Å². The molecule has 0 saturated carbocycles. The van der Waals surface area contributed by atoms with Gasteiger partial charge in [-0.2, -0.15) is 0 Å². The van der Waals surface area contributed by atoms with E-state index >= 15 is 0 Å². The number of benzene rings is 6. The van der Waals surface area contributed by atoms with Crippen molar-refractivity contribution in [3.63, 3.8) is 0 Å². The standard InChI is InChI=1S/C15H12S.C14H10/c1-16-15-13-8-4-2-6-11(13)10-12-7-3-5-9-14(12)15;1-2-6-12-10-14-8-4-3-7-13(14)9-11(12)5-1/h2-10H,1H3;1-10H. The van der Waals surface area contributed by atoms with Crippen LogP contribution in [-0.4, -0.2) is 6.26 Å². The molecule has 0 aromatic heterocycles. The molecule has 0 amide bonds. The van der Waals surface area contributed by atoms with Gasteiger partial charge in [0.25, 0.3) is 0 Å². The predicted molar refractivity (Wildman–Crippen MR) is 135 cm³/mol. The summed E-state index contributed by atoms with van der Waals surface area (Å²) in [5, 5.41) is 10.6. The minimum absolute atomic E-state index is 1.31. The summed E-state index contributed by atoms with van der Waals surface area (Å²) in [6, 6.07) is 40.9. The molecule has 1 heteroatoms. The third-order valence-corrected chi connectivity index (χ3v) is 6.39. The Hall–Kier alpha value is -3.29. The fourth-order valence-electron chi connectivity index (χ4n) is 4.07. The molecule has 0 saturated heterocycles. The van der Waals surface area contributed by atoms with Gasteiger partial charge in [0.2, 0.25) is 0 Å². The lowest BCUT2D eigenvalue weighted by molar-refractivity contribution is 1.62. The van der Waals surface area contributed by atoms with Crippen molar-refractivity contribution < 1.29 is 0 Å². The molecule has 30 heavy (non-hydrogen) atoms. The minimum Gasteiger partial charge on any atom is -0.128 e. The van der Waals surface area contributed by atoms with E-state index in [0.29, 0.717) is 0 Å². The van der Waals surface area contributed by atoms with Crippen LogP contribution in [0.25, 0.3) is 43.1 Å². The highest BCUT2D eigenvalue weighted by molar-refractivity contribution is 7.99. The summed E-state index contributed by atoms with van der Waals surface area (Å²) in [6.45, 7) is 0. The van der Waals surface area contributed by atoms with Crippen molar-refractivity contribution in [3.05, 3.63) is 115 Å². The van der Waals surface area contributed by atoms with E-state index in [2.05, 4.69) is 122 Å². The third-order valence-electron chi connectivity index (χ3n) is 5.54. The molecule has 0 N–H and O–H groups in total. The lowest BCUT2D eigenvalue weighted by Crippen LogP contribution is -1.81. The van der Waals surface area contributed by atoms with Crippen LogP contribution in [0.1, 0.15) is 0 Å². The van der Waals surface area contributed by atoms with Crippen molar-refractivity contribution in [1.82, 2.24) is 0 Å². The zero-order valence-electron chi connectivity index (χ0n) is 16.9. The van der Waals surface area contributed by atoms with Gasteiger partial charge in [-0.25, -0.2) is 0 Å². The Morgan fingerprint density at radius 3 is 1.07 bits per heavy atom. The van der Waals surface area contributed by atoms with Gasteiger partial charge >= 0.3 is 0 Å². The van der Waals surface area contributed by atoms with Crippen LogP contribution in [0.15, 0.2) is 120 Å². The molecule has 0 radical (unpaired) electrons. The van der Waals surface area contributed by atoms with E-state index in [9.17, 15) is 0 Å². The highest BCUT2D eigenvalue weighted by atomic mass is 32.2. The minimum atomic E-state index is 1.31. The topological polar surface area (TPSA) is 0 Å².